The van der Waals surface area contributed by atoms with E-state index < -0.39 is 18.0 Å². The van der Waals surface area contributed by atoms with E-state index in [1.807, 2.05) is 44.2 Å². The van der Waals surface area contributed by atoms with Gasteiger partial charge in [-0.15, -0.1) is 0 Å². The molecule has 2 atom stereocenters. The summed E-state index contributed by atoms with van der Waals surface area (Å²) in [6.07, 6.45) is 1.08. The van der Waals surface area contributed by atoms with Crippen molar-refractivity contribution in [3.63, 3.8) is 0 Å². The fraction of sp³-hybridized carbons (Fsp3) is 0.467. The van der Waals surface area contributed by atoms with Crippen LogP contribution in [0.3, 0.4) is 0 Å². The second kappa shape index (κ2) is 7.65. The lowest BCUT2D eigenvalue weighted by molar-refractivity contribution is -0.403. The van der Waals surface area contributed by atoms with Crippen LogP contribution in [0.2, 0.25) is 0 Å². The first-order chi connectivity index (χ1) is 9.40. The van der Waals surface area contributed by atoms with Gasteiger partial charge in [-0.1, -0.05) is 44.2 Å². The molecule has 0 aliphatic rings. The van der Waals surface area contributed by atoms with Gasteiger partial charge in [0.2, 0.25) is 5.91 Å². The summed E-state index contributed by atoms with van der Waals surface area (Å²) in [4.78, 5) is 23.4. The van der Waals surface area contributed by atoms with Crippen LogP contribution in [0.1, 0.15) is 25.8 Å². The molecule has 1 rings (SSSR count). The van der Waals surface area contributed by atoms with E-state index in [1.54, 1.807) is 0 Å². The number of hydrogen-bond acceptors (Lipinski definition) is 2. The van der Waals surface area contributed by atoms with Crippen molar-refractivity contribution in [2.24, 2.45) is 11.7 Å². The molecule has 0 radical (unpaired) electrons. The lowest BCUT2D eigenvalue weighted by atomic mass is 10.0. The Hall–Kier alpha value is -1.88. The summed E-state index contributed by atoms with van der Waals surface area (Å²) >= 11 is 0. The normalized spacial score (nSPS) is 13.8. The maximum atomic E-state index is 12.1. The van der Waals surface area contributed by atoms with Crippen molar-refractivity contribution in [1.29, 1.82) is 0 Å². The molecule has 1 aromatic rings. The second-order valence-electron chi connectivity index (χ2n) is 5.48. The Balaban J connectivity index is 2.57. The van der Waals surface area contributed by atoms with Crippen LogP contribution in [0.4, 0.5) is 0 Å². The van der Waals surface area contributed by atoms with Crippen LogP contribution >= 0.6 is 0 Å². The van der Waals surface area contributed by atoms with Gasteiger partial charge in [0.05, 0.1) is 0 Å². The molecule has 5 nitrogen and oxygen atoms in total. The summed E-state index contributed by atoms with van der Waals surface area (Å²) in [6.45, 7) is 3.96. The first kappa shape index (κ1) is 16.2. The highest BCUT2D eigenvalue weighted by molar-refractivity contribution is 5.88. The van der Waals surface area contributed by atoms with Gasteiger partial charge in [-0.2, -0.15) is 0 Å². The predicted molar refractivity (Wildman–Crippen MR) is 77.4 cm³/mol. The summed E-state index contributed by atoms with van der Waals surface area (Å²) < 4.78 is 0. The van der Waals surface area contributed by atoms with Crippen LogP contribution in [-0.2, 0) is 16.0 Å². The minimum Gasteiger partial charge on any atom is -0.368 e. The number of nitrogens with one attached hydrogen (secondary N) is 1. The van der Waals surface area contributed by atoms with Gasteiger partial charge in [0.25, 0.3) is 5.91 Å². The highest BCUT2D eigenvalue weighted by Gasteiger charge is 2.24. The minimum atomic E-state index is -0.623. The van der Waals surface area contributed by atoms with Crippen molar-refractivity contribution in [1.82, 2.24) is 5.32 Å². The van der Waals surface area contributed by atoms with E-state index in [0.717, 1.165) is 5.56 Å². The molecule has 0 saturated heterocycles. The average Bonchev–Trinajstić information content (AvgIpc) is 2.38. The van der Waals surface area contributed by atoms with Crippen LogP contribution in [-0.4, -0.2) is 23.9 Å². The smallest absolute Gasteiger partial charge is 0.279 e. The molecule has 0 spiro atoms. The predicted octanol–water partition coefficient (Wildman–Crippen LogP) is -0.144. The Kier molecular flexibility index (Phi) is 6.18. The molecule has 1 aromatic carbocycles. The molecule has 0 fully saturated rings. The number of amides is 2. The summed E-state index contributed by atoms with van der Waals surface area (Å²) in [7, 11) is 0. The van der Waals surface area contributed by atoms with E-state index in [-0.39, 0.29) is 11.8 Å². The zero-order chi connectivity index (χ0) is 15.1. The maximum Gasteiger partial charge on any atom is 0.279 e. The number of quaternary nitrogens is 1. The number of hydrogen-bond donors (Lipinski definition) is 3. The fourth-order valence-electron chi connectivity index (χ4n) is 2.00. The first-order valence-corrected chi connectivity index (χ1v) is 6.86. The van der Waals surface area contributed by atoms with E-state index in [9.17, 15) is 9.59 Å². The monoisotopic (exact) mass is 278 g/mol. The van der Waals surface area contributed by atoms with Crippen LogP contribution in [0.25, 0.3) is 0 Å². The zero-order valence-electron chi connectivity index (χ0n) is 12.1. The van der Waals surface area contributed by atoms with Crippen molar-refractivity contribution in [3.05, 3.63) is 35.9 Å². The third-order valence-electron chi connectivity index (χ3n) is 3.06. The molecule has 0 unspecified atom stereocenters. The first-order valence-electron chi connectivity index (χ1n) is 6.86. The Morgan fingerprint density at radius 3 is 2.35 bits per heavy atom. The maximum absolute atomic E-state index is 12.1. The van der Waals surface area contributed by atoms with E-state index in [2.05, 4.69) is 11.1 Å². The third kappa shape index (κ3) is 5.40. The topological polar surface area (TPSA) is 99.8 Å². The van der Waals surface area contributed by atoms with E-state index in [0.29, 0.717) is 12.8 Å². The number of primary amides is 1. The highest BCUT2D eigenvalue weighted by atomic mass is 16.2. The number of nitrogens with two attached hydrogens (primary N) is 1. The molecule has 0 bridgehead atoms. The lowest BCUT2D eigenvalue weighted by Gasteiger charge is -2.18. The lowest BCUT2D eigenvalue weighted by Crippen LogP contribution is -2.69. The van der Waals surface area contributed by atoms with Gasteiger partial charge in [-0.3, -0.25) is 9.59 Å². The van der Waals surface area contributed by atoms with Gasteiger partial charge in [-0.25, -0.2) is 0 Å². The summed E-state index contributed by atoms with van der Waals surface area (Å²) in [5.74, 6) is -0.456. The van der Waals surface area contributed by atoms with Crippen LogP contribution in [0, 0.1) is 5.92 Å². The van der Waals surface area contributed by atoms with Gasteiger partial charge in [0, 0.05) is 6.42 Å². The van der Waals surface area contributed by atoms with Crippen molar-refractivity contribution < 1.29 is 15.3 Å². The van der Waals surface area contributed by atoms with Crippen LogP contribution in [0.5, 0.6) is 0 Å². The molecule has 0 heterocycles. The second-order valence-corrected chi connectivity index (χ2v) is 5.48. The Labute approximate surface area is 119 Å². The molecule has 0 aliphatic carbocycles. The molecular formula is C15H24N3O2+. The molecule has 0 aliphatic heterocycles. The Morgan fingerprint density at radius 1 is 1.25 bits per heavy atom. The summed E-state index contributed by atoms with van der Waals surface area (Å²) in [5.41, 5.74) is 10.2. The average molecular weight is 278 g/mol. The molecule has 2 amide bonds. The van der Waals surface area contributed by atoms with E-state index in [1.165, 1.54) is 0 Å². The van der Waals surface area contributed by atoms with Gasteiger partial charge in [0.1, 0.15) is 6.04 Å². The SMILES string of the molecule is CC(C)C[C@H](NC(=O)[C@@H]([NH3+])Cc1ccccc1)C(N)=O. The third-order valence-corrected chi connectivity index (χ3v) is 3.06. The molecule has 20 heavy (non-hydrogen) atoms. The Morgan fingerprint density at radius 2 is 1.85 bits per heavy atom. The minimum absolute atomic E-state index is 0.238. The molecule has 110 valence electrons. The highest BCUT2D eigenvalue weighted by Crippen LogP contribution is 2.05. The van der Waals surface area contributed by atoms with Crippen molar-refractivity contribution in [3.8, 4) is 0 Å². The van der Waals surface area contributed by atoms with Crippen molar-refractivity contribution >= 4 is 11.8 Å². The fourth-order valence-corrected chi connectivity index (χ4v) is 2.00. The van der Waals surface area contributed by atoms with Crippen molar-refractivity contribution in [2.75, 3.05) is 0 Å². The van der Waals surface area contributed by atoms with Gasteiger partial charge < -0.3 is 16.8 Å². The summed E-state index contributed by atoms with van der Waals surface area (Å²) in [6, 6.07) is 8.61. The molecule has 6 N–H and O–H groups in total. The van der Waals surface area contributed by atoms with E-state index in [4.69, 9.17) is 5.73 Å². The van der Waals surface area contributed by atoms with Gasteiger partial charge in [0.15, 0.2) is 6.04 Å². The number of carbonyl (C=O) groups excluding carboxylic acids is 2. The number of carbonyl (C=O) groups is 2. The number of rotatable bonds is 7. The molecular weight excluding hydrogens is 254 g/mol. The van der Waals surface area contributed by atoms with Crippen molar-refractivity contribution in [2.45, 2.75) is 38.8 Å². The van der Waals surface area contributed by atoms with Crippen LogP contribution < -0.4 is 16.8 Å². The van der Waals surface area contributed by atoms with Gasteiger partial charge >= 0.3 is 0 Å². The molecule has 0 aromatic heterocycles. The Bertz CT molecular complexity index is 446. The van der Waals surface area contributed by atoms with Gasteiger partial charge in [-0.05, 0) is 17.9 Å². The molecule has 5 heteroatoms. The quantitative estimate of drug-likeness (QED) is 0.646. The van der Waals surface area contributed by atoms with E-state index >= 15 is 0 Å². The largest absolute Gasteiger partial charge is 0.368 e. The molecule has 0 saturated carbocycles. The zero-order valence-corrected chi connectivity index (χ0v) is 12.1. The standard InChI is InChI=1S/C15H23N3O2/c1-10(2)8-13(14(17)19)18-15(20)12(16)9-11-6-4-3-5-7-11/h3-7,10,12-13H,8-9,16H2,1-2H3,(H2,17,19)(H,18,20)/p+1/t12-,13-/m0/s1. The van der Waals surface area contributed by atoms with Crippen LogP contribution in [0.15, 0.2) is 30.3 Å². The number of benzene rings is 1. The summed E-state index contributed by atoms with van der Waals surface area (Å²) in [5, 5.41) is 2.69.